The van der Waals surface area contributed by atoms with Crippen molar-refractivity contribution >= 4 is 29.6 Å². The zero-order valence-electron chi connectivity index (χ0n) is 15.3. The van der Waals surface area contributed by atoms with Crippen molar-refractivity contribution in [3.8, 4) is 5.75 Å². The maximum absolute atomic E-state index is 11.8. The molecule has 0 aromatic heterocycles. The lowest BCUT2D eigenvalue weighted by molar-refractivity contribution is -0.123. The van der Waals surface area contributed by atoms with Crippen molar-refractivity contribution in [3.05, 3.63) is 28.8 Å². The van der Waals surface area contributed by atoms with Crippen LogP contribution in [0.5, 0.6) is 5.75 Å². The molecular weight excluding hydrogens is 354 g/mol. The maximum Gasteiger partial charge on any atom is 0.257 e. The van der Waals surface area contributed by atoms with Gasteiger partial charge >= 0.3 is 0 Å². The van der Waals surface area contributed by atoms with Crippen molar-refractivity contribution in [2.75, 3.05) is 13.2 Å². The van der Waals surface area contributed by atoms with E-state index in [1.807, 2.05) is 13.0 Å². The van der Waals surface area contributed by atoms with E-state index in [0.717, 1.165) is 18.4 Å². The smallest absolute Gasteiger partial charge is 0.257 e. The molecule has 6 nitrogen and oxygen atoms in total. The van der Waals surface area contributed by atoms with E-state index in [-0.39, 0.29) is 18.4 Å². The topological polar surface area (TPSA) is 79.8 Å². The van der Waals surface area contributed by atoms with E-state index >= 15 is 0 Å². The molecule has 1 aliphatic heterocycles. The number of nitrogens with one attached hydrogen (secondary N) is 2. The number of amides is 2. The molecule has 0 saturated heterocycles. The molecule has 142 valence electrons. The van der Waals surface area contributed by atoms with Gasteiger partial charge in [0.1, 0.15) is 5.75 Å². The number of halogens is 1. The third-order valence-corrected chi connectivity index (χ3v) is 4.66. The van der Waals surface area contributed by atoms with Crippen LogP contribution in [0.15, 0.2) is 23.3 Å². The normalized spacial score (nSPS) is 19.1. The monoisotopic (exact) mass is 379 g/mol. The van der Waals surface area contributed by atoms with Crippen molar-refractivity contribution in [2.24, 2.45) is 5.10 Å². The first kappa shape index (κ1) is 20.2. The van der Waals surface area contributed by atoms with Gasteiger partial charge in [-0.05, 0) is 31.0 Å². The molecule has 1 atom stereocenters. The lowest BCUT2D eigenvalue weighted by atomic mass is 9.80. The van der Waals surface area contributed by atoms with Crippen molar-refractivity contribution in [2.45, 2.75) is 51.4 Å². The number of nitrogens with zero attached hydrogens (tertiary/aromatic N) is 1. The van der Waals surface area contributed by atoms with Gasteiger partial charge in [-0.2, -0.15) is 5.10 Å². The molecule has 0 spiro atoms. The highest BCUT2D eigenvalue weighted by Crippen LogP contribution is 2.33. The fourth-order valence-corrected chi connectivity index (χ4v) is 3.02. The van der Waals surface area contributed by atoms with Crippen LogP contribution in [-0.4, -0.2) is 31.2 Å². The molecule has 2 rings (SSSR count). The van der Waals surface area contributed by atoms with Crippen LogP contribution in [0, 0.1) is 0 Å². The minimum Gasteiger partial charge on any atom is -0.482 e. The first-order chi connectivity index (χ1) is 12.4. The van der Waals surface area contributed by atoms with Crippen LogP contribution >= 0.6 is 11.6 Å². The largest absolute Gasteiger partial charge is 0.482 e. The second kappa shape index (κ2) is 9.57. The quantitative estimate of drug-likeness (QED) is 0.646. The molecule has 1 aromatic carbocycles. The number of carbonyl (C=O) groups excluding carboxylic acids is 2. The molecule has 0 radical (unpaired) electrons. The Labute approximate surface area is 159 Å². The van der Waals surface area contributed by atoms with E-state index in [4.69, 9.17) is 16.3 Å². The standard InChI is InChI=1S/C19H26ClN3O3/c1-3-4-5-6-9-21-18(25)12-26-16-8-7-14(10-15(16)20)19(2)11-17(24)23-22-13-19/h7-8,10,13H,3-6,9,11-12H2,1-2H3,(H,21,25)(H,23,24). The van der Waals surface area contributed by atoms with Gasteiger partial charge in [-0.15, -0.1) is 0 Å². The summed E-state index contributed by atoms with van der Waals surface area (Å²) in [6.45, 7) is 4.66. The summed E-state index contributed by atoms with van der Waals surface area (Å²) in [7, 11) is 0. The zero-order valence-corrected chi connectivity index (χ0v) is 16.1. The molecule has 1 aliphatic rings. The molecule has 1 aromatic rings. The molecule has 2 N–H and O–H groups in total. The third kappa shape index (κ3) is 5.73. The minimum absolute atomic E-state index is 0.0754. The Morgan fingerprint density at radius 2 is 2.19 bits per heavy atom. The molecule has 0 aliphatic carbocycles. The predicted molar refractivity (Wildman–Crippen MR) is 103 cm³/mol. The van der Waals surface area contributed by atoms with E-state index in [2.05, 4.69) is 22.8 Å². The van der Waals surface area contributed by atoms with Gasteiger partial charge in [0, 0.05) is 24.6 Å². The highest BCUT2D eigenvalue weighted by Gasteiger charge is 2.31. The van der Waals surface area contributed by atoms with Crippen LogP contribution in [0.25, 0.3) is 0 Å². The number of benzene rings is 1. The van der Waals surface area contributed by atoms with Gasteiger partial charge in [-0.25, -0.2) is 5.43 Å². The van der Waals surface area contributed by atoms with Crippen LogP contribution in [0.3, 0.4) is 0 Å². The summed E-state index contributed by atoms with van der Waals surface area (Å²) in [5, 5.41) is 7.13. The Hall–Kier alpha value is -2.08. The Kier molecular flexibility index (Phi) is 7.45. The summed E-state index contributed by atoms with van der Waals surface area (Å²) in [4.78, 5) is 23.4. The number of unbranched alkanes of at least 4 members (excludes halogenated alkanes) is 3. The number of hydrazone groups is 1. The molecule has 7 heteroatoms. The Bertz CT molecular complexity index is 678. The van der Waals surface area contributed by atoms with Crippen LogP contribution in [0.4, 0.5) is 0 Å². The fraction of sp³-hybridized carbons (Fsp3) is 0.526. The Morgan fingerprint density at radius 1 is 1.38 bits per heavy atom. The fourth-order valence-electron chi connectivity index (χ4n) is 2.79. The first-order valence-electron chi connectivity index (χ1n) is 8.97. The summed E-state index contributed by atoms with van der Waals surface area (Å²) in [6, 6.07) is 5.32. The average Bonchev–Trinajstić information content (AvgIpc) is 2.60. The molecular formula is C19H26ClN3O3. The van der Waals surface area contributed by atoms with Crippen molar-refractivity contribution in [1.82, 2.24) is 10.7 Å². The van der Waals surface area contributed by atoms with E-state index in [1.54, 1.807) is 18.3 Å². The van der Waals surface area contributed by atoms with E-state index in [0.29, 0.717) is 23.7 Å². The molecule has 0 saturated carbocycles. The van der Waals surface area contributed by atoms with Crippen molar-refractivity contribution < 1.29 is 14.3 Å². The summed E-state index contributed by atoms with van der Waals surface area (Å²) >= 11 is 6.29. The number of hydrogen-bond acceptors (Lipinski definition) is 4. The van der Waals surface area contributed by atoms with Crippen molar-refractivity contribution in [1.29, 1.82) is 0 Å². The molecule has 1 unspecified atom stereocenters. The zero-order chi connectivity index (χ0) is 19.0. The highest BCUT2D eigenvalue weighted by atomic mass is 35.5. The lowest BCUT2D eigenvalue weighted by Gasteiger charge is -2.28. The van der Waals surface area contributed by atoms with E-state index in [9.17, 15) is 9.59 Å². The summed E-state index contributed by atoms with van der Waals surface area (Å²) in [6.07, 6.45) is 6.44. The van der Waals surface area contributed by atoms with Crippen molar-refractivity contribution in [3.63, 3.8) is 0 Å². The van der Waals surface area contributed by atoms with Crippen LogP contribution < -0.4 is 15.5 Å². The SMILES string of the molecule is CCCCCCNC(=O)COc1ccc(C2(C)C=NNC(=O)C2)cc1Cl. The van der Waals surface area contributed by atoms with Crippen LogP contribution in [0.1, 0.15) is 51.5 Å². The van der Waals surface area contributed by atoms with E-state index in [1.165, 1.54) is 12.8 Å². The van der Waals surface area contributed by atoms with Gasteiger partial charge in [0.05, 0.1) is 5.02 Å². The summed E-state index contributed by atoms with van der Waals surface area (Å²) in [5.41, 5.74) is 2.78. The van der Waals surface area contributed by atoms with Gasteiger partial charge in [-0.3, -0.25) is 9.59 Å². The maximum atomic E-state index is 11.8. The van der Waals surface area contributed by atoms with Gasteiger partial charge in [-0.1, -0.05) is 43.9 Å². The number of rotatable bonds is 9. The molecule has 0 fully saturated rings. The highest BCUT2D eigenvalue weighted by molar-refractivity contribution is 6.32. The minimum atomic E-state index is -0.514. The number of hydrogen-bond donors (Lipinski definition) is 2. The number of carbonyl (C=O) groups is 2. The first-order valence-corrected chi connectivity index (χ1v) is 9.35. The Balaban J connectivity index is 1.88. The molecule has 26 heavy (non-hydrogen) atoms. The van der Waals surface area contributed by atoms with Gasteiger partial charge in [0.25, 0.3) is 5.91 Å². The lowest BCUT2D eigenvalue weighted by Crippen LogP contribution is -2.37. The third-order valence-electron chi connectivity index (χ3n) is 4.37. The van der Waals surface area contributed by atoms with E-state index < -0.39 is 5.41 Å². The molecule has 0 bridgehead atoms. The van der Waals surface area contributed by atoms with Gasteiger partial charge in [0.15, 0.2) is 6.61 Å². The van der Waals surface area contributed by atoms with Crippen LogP contribution in [0.2, 0.25) is 5.02 Å². The average molecular weight is 380 g/mol. The van der Waals surface area contributed by atoms with Crippen LogP contribution in [-0.2, 0) is 15.0 Å². The van der Waals surface area contributed by atoms with Gasteiger partial charge < -0.3 is 10.1 Å². The second-order valence-corrected chi connectivity index (χ2v) is 7.14. The summed E-state index contributed by atoms with van der Waals surface area (Å²) in [5.74, 6) is 0.143. The van der Waals surface area contributed by atoms with Gasteiger partial charge in [0.2, 0.25) is 5.91 Å². The molecule has 2 amide bonds. The second-order valence-electron chi connectivity index (χ2n) is 6.73. The Morgan fingerprint density at radius 3 is 2.88 bits per heavy atom. The predicted octanol–water partition coefficient (Wildman–Crippen LogP) is 3.18. The number of ether oxygens (including phenoxy) is 1. The molecule has 1 heterocycles. The summed E-state index contributed by atoms with van der Waals surface area (Å²) < 4.78 is 5.52.